The van der Waals surface area contributed by atoms with Gasteiger partial charge in [0.15, 0.2) is 6.61 Å². The van der Waals surface area contributed by atoms with E-state index in [9.17, 15) is 22.8 Å². The molecule has 0 bridgehead atoms. The van der Waals surface area contributed by atoms with Crippen LogP contribution >= 0.6 is 0 Å². The number of ether oxygens (including phenoxy) is 1. The Bertz CT molecular complexity index is 1170. The number of anilines is 2. The maximum atomic E-state index is 13.2. The van der Waals surface area contributed by atoms with E-state index in [0.29, 0.717) is 35.5 Å². The van der Waals surface area contributed by atoms with E-state index in [2.05, 4.69) is 5.32 Å². The molecule has 0 atom stereocenters. The zero-order valence-electron chi connectivity index (χ0n) is 16.4. The highest BCUT2D eigenvalue weighted by Gasteiger charge is 2.32. The van der Waals surface area contributed by atoms with Crippen molar-refractivity contribution >= 4 is 28.3 Å². The molecule has 1 N–H and O–H groups in total. The van der Waals surface area contributed by atoms with Crippen molar-refractivity contribution in [2.45, 2.75) is 19.0 Å². The van der Waals surface area contributed by atoms with Crippen molar-refractivity contribution < 1.29 is 27.1 Å². The van der Waals surface area contributed by atoms with Gasteiger partial charge in [0.2, 0.25) is 0 Å². The third-order valence-electron chi connectivity index (χ3n) is 5.01. The zero-order valence-corrected chi connectivity index (χ0v) is 16.4. The van der Waals surface area contributed by atoms with Crippen LogP contribution in [0.5, 0.6) is 5.75 Å². The van der Waals surface area contributed by atoms with Gasteiger partial charge < -0.3 is 19.4 Å². The largest absolute Gasteiger partial charge is 0.484 e. The molecule has 0 unspecified atom stereocenters. The number of hydrogen-bond acceptors (Lipinski definition) is 5. The average Bonchev–Trinajstić information content (AvgIpc) is 3.26. The van der Waals surface area contributed by atoms with Crippen LogP contribution < -0.4 is 20.6 Å². The van der Waals surface area contributed by atoms with Crippen molar-refractivity contribution in [3.63, 3.8) is 0 Å². The van der Waals surface area contributed by atoms with E-state index >= 15 is 0 Å². The summed E-state index contributed by atoms with van der Waals surface area (Å²) in [5.74, 6) is -0.310. The number of rotatable bonds is 5. The lowest BCUT2D eigenvalue weighted by Gasteiger charge is -2.23. The van der Waals surface area contributed by atoms with E-state index in [1.54, 1.807) is 18.2 Å². The van der Waals surface area contributed by atoms with Gasteiger partial charge in [0.25, 0.3) is 5.91 Å². The minimum absolute atomic E-state index is 0.0924. The van der Waals surface area contributed by atoms with E-state index in [-0.39, 0.29) is 5.69 Å². The van der Waals surface area contributed by atoms with Crippen LogP contribution in [0.1, 0.15) is 18.4 Å². The first-order valence-corrected chi connectivity index (χ1v) is 9.72. The van der Waals surface area contributed by atoms with E-state index in [0.717, 1.165) is 25.0 Å². The van der Waals surface area contributed by atoms with Gasteiger partial charge in [0, 0.05) is 30.6 Å². The summed E-state index contributed by atoms with van der Waals surface area (Å²) in [6.45, 7) is 1.01. The normalized spacial score (nSPS) is 14.1. The van der Waals surface area contributed by atoms with Crippen LogP contribution in [0.3, 0.4) is 0 Å². The summed E-state index contributed by atoms with van der Waals surface area (Å²) in [7, 11) is 0. The first-order valence-electron chi connectivity index (χ1n) is 9.72. The Kier molecular flexibility index (Phi) is 5.58. The topological polar surface area (TPSA) is 71.8 Å². The van der Waals surface area contributed by atoms with Crippen LogP contribution in [-0.2, 0) is 11.0 Å². The lowest BCUT2D eigenvalue weighted by Crippen LogP contribution is -2.24. The van der Waals surface area contributed by atoms with E-state index in [1.165, 1.54) is 18.2 Å². The summed E-state index contributed by atoms with van der Waals surface area (Å²) in [6.07, 6.45) is -2.64. The number of amides is 1. The fraction of sp³-hybridized carbons (Fsp3) is 0.273. The summed E-state index contributed by atoms with van der Waals surface area (Å²) in [5, 5.41) is 3.23. The standard InChI is InChI=1S/C22H19F3N2O4/c23-22(24,25)15-5-7-18(27-9-1-2-10-27)17(11-15)26-20(28)13-30-16-6-3-14-4-8-21(29)31-19(14)12-16/h3-8,11-12H,1-2,9-10,13H2,(H,26,28). The van der Waals surface area contributed by atoms with Crippen LogP contribution in [0.4, 0.5) is 24.5 Å². The summed E-state index contributed by atoms with van der Waals surface area (Å²) in [4.78, 5) is 25.7. The molecular weight excluding hydrogens is 413 g/mol. The fourth-order valence-corrected chi connectivity index (χ4v) is 3.51. The molecule has 31 heavy (non-hydrogen) atoms. The van der Waals surface area contributed by atoms with Gasteiger partial charge in [-0.15, -0.1) is 0 Å². The predicted molar refractivity (Wildman–Crippen MR) is 109 cm³/mol. The smallest absolute Gasteiger partial charge is 0.416 e. The molecule has 2 aromatic carbocycles. The molecule has 3 aromatic rings. The van der Waals surface area contributed by atoms with Crippen LogP contribution in [0.25, 0.3) is 11.0 Å². The molecule has 1 fully saturated rings. The number of alkyl halides is 3. The highest BCUT2D eigenvalue weighted by molar-refractivity contribution is 5.95. The van der Waals surface area contributed by atoms with Crippen molar-refractivity contribution in [1.29, 1.82) is 0 Å². The molecule has 162 valence electrons. The van der Waals surface area contributed by atoms with Crippen LogP contribution in [0, 0.1) is 0 Å². The molecule has 4 rings (SSSR count). The number of nitrogens with zero attached hydrogens (tertiary/aromatic N) is 1. The predicted octanol–water partition coefficient (Wildman–Crippen LogP) is 4.43. The number of nitrogens with one attached hydrogen (secondary N) is 1. The molecule has 6 nitrogen and oxygen atoms in total. The minimum atomic E-state index is -4.52. The molecule has 9 heteroatoms. The van der Waals surface area contributed by atoms with Gasteiger partial charge in [0.05, 0.1) is 16.9 Å². The summed E-state index contributed by atoms with van der Waals surface area (Å²) in [6, 6.07) is 11.0. The second-order valence-electron chi connectivity index (χ2n) is 7.21. The monoisotopic (exact) mass is 432 g/mol. The van der Waals surface area contributed by atoms with Crippen molar-refractivity contribution in [2.75, 3.05) is 29.9 Å². The highest BCUT2D eigenvalue weighted by atomic mass is 19.4. The van der Waals surface area contributed by atoms with Gasteiger partial charge in [0.1, 0.15) is 11.3 Å². The second-order valence-corrected chi connectivity index (χ2v) is 7.21. The van der Waals surface area contributed by atoms with Crippen LogP contribution in [-0.4, -0.2) is 25.6 Å². The average molecular weight is 432 g/mol. The highest BCUT2D eigenvalue weighted by Crippen LogP contribution is 2.36. The molecule has 0 saturated carbocycles. The second kappa shape index (κ2) is 8.33. The van der Waals surface area contributed by atoms with Gasteiger partial charge >= 0.3 is 11.8 Å². The fourth-order valence-electron chi connectivity index (χ4n) is 3.51. The SMILES string of the molecule is O=C(COc1ccc2ccc(=O)oc2c1)Nc1cc(C(F)(F)F)ccc1N1CCCC1. The van der Waals surface area contributed by atoms with Crippen LogP contribution in [0.15, 0.2) is 57.7 Å². The molecule has 0 radical (unpaired) electrons. The van der Waals surface area contributed by atoms with Gasteiger partial charge in [-0.1, -0.05) is 0 Å². The van der Waals surface area contributed by atoms with Gasteiger partial charge in [-0.2, -0.15) is 13.2 Å². The number of carbonyl (C=O) groups is 1. The Morgan fingerprint density at radius 2 is 1.81 bits per heavy atom. The van der Waals surface area contributed by atoms with Gasteiger partial charge in [-0.3, -0.25) is 4.79 Å². The number of halogens is 3. The minimum Gasteiger partial charge on any atom is -0.484 e. The Labute approximate surface area is 175 Å². The Morgan fingerprint density at radius 1 is 1.06 bits per heavy atom. The molecule has 1 aromatic heterocycles. The van der Waals surface area contributed by atoms with Crippen molar-refractivity contribution in [3.8, 4) is 5.75 Å². The quantitative estimate of drug-likeness (QED) is 0.604. The zero-order chi connectivity index (χ0) is 22.0. The Balaban J connectivity index is 1.50. The molecular formula is C22H19F3N2O4. The number of benzene rings is 2. The van der Waals surface area contributed by atoms with Gasteiger partial charge in [-0.05, 0) is 49.2 Å². The number of fused-ring (bicyclic) bond motifs is 1. The van der Waals surface area contributed by atoms with E-state index in [4.69, 9.17) is 9.15 Å². The first kappa shape index (κ1) is 20.8. The summed E-state index contributed by atoms with van der Waals surface area (Å²) in [5.41, 5.74) is -0.404. The van der Waals surface area contributed by atoms with Gasteiger partial charge in [-0.25, -0.2) is 4.79 Å². The Hall–Kier alpha value is -3.49. The summed E-state index contributed by atoms with van der Waals surface area (Å²) >= 11 is 0. The maximum absolute atomic E-state index is 13.2. The van der Waals surface area contributed by atoms with E-state index < -0.39 is 29.9 Å². The molecule has 0 aliphatic carbocycles. The van der Waals surface area contributed by atoms with Crippen molar-refractivity contribution in [2.24, 2.45) is 0 Å². The molecule has 1 saturated heterocycles. The first-order chi connectivity index (χ1) is 14.8. The molecule has 0 spiro atoms. The Morgan fingerprint density at radius 3 is 2.55 bits per heavy atom. The van der Waals surface area contributed by atoms with Crippen molar-refractivity contribution in [1.82, 2.24) is 0 Å². The summed E-state index contributed by atoms with van der Waals surface area (Å²) < 4.78 is 50.0. The number of carbonyl (C=O) groups excluding carboxylic acids is 1. The molecule has 1 amide bonds. The molecule has 1 aliphatic rings. The van der Waals surface area contributed by atoms with E-state index in [1.807, 2.05) is 4.90 Å². The third-order valence-corrected chi connectivity index (χ3v) is 5.01. The van der Waals surface area contributed by atoms with Crippen molar-refractivity contribution in [3.05, 3.63) is 64.5 Å². The maximum Gasteiger partial charge on any atom is 0.416 e. The number of hydrogen-bond donors (Lipinski definition) is 1. The lowest BCUT2D eigenvalue weighted by atomic mass is 10.1. The molecule has 1 aliphatic heterocycles. The lowest BCUT2D eigenvalue weighted by molar-refractivity contribution is -0.137. The third kappa shape index (κ3) is 4.82. The van der Waals surface area contributed by atoms with Crippen LogP contribution in [0.2, 0.25) is 0 Å². The molecule has 2 heterocycles.